The molecule has 126 valence electrons. The molecule has 3 aromatic heterocycles. The number of para-hydroxylation sites is 1. The number of benzene rings is 1. The standard InChI is InChI=1S/C17H14BrClN6/c18-13-6-2-5-12-14(13)21-17(19)25-16(12)22-15(23-25)11-7-20-24(9-11)8-10-3-1-4-10/h2,5-7,9-10H,1,3-4,8H2. The summed E-state index contributed by atoms with van der Waals surface area (Å²) in [5, 5.41) is 10.2. The van der Waals surface area contributed by atoms with Crippen LogP contribution in [0.3, 0.4) is 0 Å². The zero-order valence-corrected chi connectivity index (χ0v) is 15.6. The van der Waals surface area contributed by atoms with Gasteiger partial charge in [0.15, 0.2) is 11.5 Å². The van der Waals surface area contributed by atoms with Crippen molar-refractivity contribution < 1.29 is 0 Å². The van der Waals surface area contributed by atoms with Crippen LogP contribution in [-0.4, -0.2) is 29.4 Å². The molecule has 1 saturated carbocycles. The van der Waals surface area contributed by atoms with Gasteiger partial charge in [-0.05, 0) is 58.4 Å². The van der Waals surface area contributed by atoms with Gasteiger partial charge in [0, 0.05) is 22.6 Å². The molecule has 8 heteroatoms. The van der Waals surface area contributed by atoms with E-state index in [4.69, 9.17) is 16.6 Å². The van der Waals surface area contributed by atoms with Gasteiger partial charge in [-0.2, -0.15) is 9.61 Å². The Morgan fingerprint density at radius 2 is 2.12 bits per heavy atom. The van der Waals surface area contributed by atoms with Gasteiger partial charge in [-0.15, -0.1) is 5.10 Å². The number of fused-ring (bicyclic) bond motifs is 3. The summed E-state index contributed by atoms with van der Waals surface area (Å²) in [4.78, 5) is 9.12. The lowest BCUT2D eigenvalue weighted by Gasteiger charge is -2.24. The molecule has 0 radical (unpaired) electrons. The Labute approximate surface area is 157 Å². The van der Waals surface area contributed by atoms with Crippen molar-refractivity contribution in [3.8, 4) is 11.4 Å². The summed E-state index contributed by atoms with van der Waals surface area (Å²) < 4.78 is 4.45. The normalized spacial score (nSPS) is 15.1. The molecule has 4 aromatic rings. The van der Waals surface area contributed by atoms with E-state index in [1.807, 2.05) is 35.3 Å². The number of nitrogens with zero attached hydrogens (tertiary/aromatic N) is 6. The molecule has 0 aliphatic heterocycles. The topological polar surface area (TPSA) is 60.9 Å². The Balaban J connectivity index is 1.61. The van der Waals surface area contributed by atoms with Crippen LogP contribution >= 0.6 is 27.5 Å². The van der Waals surface area contributed by atoms with E-state index in [9.17, 15) is 0 Å². The summed E-state index contributed by atoms with van der Waals surface area (Å²) in [7, 11) is 0. The third kappa shape index (κ3) is 2.53. The smallest absolute Gasteiger partial charge is 0.226 e. The molecule has 5 rings (SSSR count). The van der Waals surface area contributed by atoms with Gasteiger partial charge in [0.25, 0.3) is 0 Å². The third-order valence-corrected chi connectivity index (χ3v) is 5.66. The van der Waals surface area contributed by atoms with Crippen LogP contribution in [0.5, 0.6) is 0 Å². The van der Waals surface area contributed by atoms with Crippen LogP contribution in [-0.2, 0) is 6.54 Å². The van der Waals surface area contributed by atoms with E-state index in [1.54, 1.807) is 4.52 Å². The van der Waals surface area contributed by atoms with E-state index >= 15 is 0 Å². The van der Waals surface area contributed by atoms with Crippen molar-refractivity contribution in [3.63, 3.8) is 0 Å². The fourth-order valence-electron chi connectivity index (χ4n) is 3.21. The summed E-state index contributed by atoms with van der Waals surface area (Å²) >= 11 is 9.83. The summed E-state index contributed by atoms with van der Waals surface area (Å²) in [6.07, 6.45) is 7.74. The Morgan fingerprint density at radius 1 is 1.24 bits per heavy atom. The minimum atomic E-state index is 0.287. The van der Waals surface area contributed by atoms with Crippen molar-refractivity contribution in [1.82, 2.24) is 29.4 Å². The summed E-state index contributed by atoms with van der Waals surface area (Å²) in [5.74, 6) is 1.36. The maximum Gasteiger partial charge on any atom is 0.226 e. The van der Waals surface area contributed by atoms with Gasteiger partial charge >= 0.3 is 0 Å². The molecule has 0 atom stereocenters. The van der Waals surface area contributed by atoms with Crippen molar-refractivity contribution in [3.05, 3.63) is 40.3 Å². The van der Waals surface area contributed by atoms with E-state index in [0.29, 0.717) is 11.5 Å². The first-order valence-corrected chi connectivity index (χ1v) is 9.39. The second kappa shape index (κ2) is 5.78. The molecule has 0 saturated heterocycles. The van der Waals surface area contributed by atoms with E-state index in [1.165, 1.54) is 19.3 Å². The molecule has 3 heterocycles. The molecule has 25 heavy (non-hydrogen) atoms. The van der Waals surface area contributed by atoms with E-state index in [2.05, 4.69) is 31.1 Å². The van der Waals surface area contributed by atoms with Crippen molar-refractivity contribution in [1.29, 1.82) is 0 Å². The van der Waals surface area contributed by atoms with Gasteiger partial charge < -0.3 is 0 Å². The average molecular weight is 418 g/mol. The van der Waals surface area contributed by atoms with Gasteiger partial charge in [-0.25, -0.2) is 9.97 Å². The fourth-order valence-corrected chi connectivity index (χ4v) is 3.86. The van der Waals surface area contributed by atoms with Gasteiger partial charge in [-0.1, -0.05) is 12.5 Å². The predicted molar refractivity (Wildman–Crippen MR) is 99.6 cm³/mol. The van der Waals surface area contributed by atoms with Crippen molar-refractivity contribution in [2.24, 2.45) is 5.92 Å². The Hall–Kier alpha value is -1.99. The van der Waals surface area contributed by atoms with E-state index in [0.717, 1.165) is 33.4 Å². The second-order valence-corrected chi connectivity index (χ2v) is 7.63. The quantitative estimate of drug-likeness (QED) is 0.465. The SMILES string of the molecule is Clc1nc2c(Br)cccc2c2nc(-c3cnn(CC4CCC4)c3)nn12. The third-order valence-electron chi connectivity index (χ3n) is 4.78. The highest BCUT2D eigenvalue weighted by molar-refractivity contribution is 9.10. The van der Waals surface area contributed by atoms with Gasteiger partial charge in [0.05, 0.1) is 17.3 Å². The van der Waals surface area contributed by atoms with Crippen molar-refractivity contribution in [2.75, 3.05) is 0 Å². The highest BCUT2D eigenvalue weighted by Crippen LogP contribution is 2.30. The summed E-state index contributed by atoms with van der Waals surface area (Å²) in [5.41, 5.74) is 2.36. The van der Waals surface area contributed by atoms with Crippen LogP contribution < -0.4 is 0 Å². The van der Waals surface area contributed by atoms with Gasteiger partial charge in [-0.3, -0.25) is 4.68 Å². The number of rotatable bonds is 3. The molecule has 0 unspecified atom stereocenters. The molecule has 0 N–H and O–H groups in total. The van der Waals surface area contributed by atoms with Crippen LogP contribution in [0.2, 0.25) is 5.28 Å². The van der Waals surface area contributed by atoms with Gasteiger partial charge in [0.1, 0.15) is 0 Å². The largest absolute Gasteiger partial charge is 0.272 e. The summed E-state index contributed by atoms with van der Waals surface area (Å²) in [6, 6.07) is 5.86. The number of halogens is 2. The lowest BCUT2D eigenvalue weighted by Crippen LogP contribution is -2.18. The Bertz CT molecular complexity index is 1100. The van der Waals surface area contributed by atoms with Gasteiger partial charge in [0.2, 0.25) is 5.28 Å². The molecular weight excluding hydrogens is 404 g/mol. The van der Waals surface area contributed by atoms with Crippen LogP contribution in [0, 0.1) is 5.92 Å². The zero-order chi connectivity index (χ0) is 17.0. The van der Waals surface area contributed by atoms with Crippen molar-refractivity contribution in [2.45, 2.75) is 25.8 Å². The highest BCUT2D eigenvalue weighted by Gasteiger charge is 2.19. The first-order valence-electron chi connectivity index (χ1n) is 8.22. The first-order chi connectivity index (χ1) is 12.2. The highest BCUT2D eigenvalue weighted by atomic mass is 79.9. The van der Waals surface area contributed by atoms with Crippen molar-refractivity contribution >= 4 is 44.1 Å². The minimum Gasteiger partial charge on any atom is -0.272 e. The molecule has 1 aliphatic carbocycles. The fraction of sp³-hybridized carbons (Fsp3) is 0.294. The van der Waals surface area contributed by atoms with Crippen LogP contribution in [0.1, 0.15) is 19.3 Å². The maximum atomic E-state index is 6.32. The molecule has 0 spiro atoms. The van der Waals surface area contributed by atoms with Crippen LogP contribution in [0.25, 0.3) is 27.9 Å². The molecule has 1 aliphatic rings. The lowest BCUT2D eigenvalue weighted by atomic mass is 9.85. The molecule has 0 amide bonds. The Kier molecular flexibility index (Phi) is 3.53. The molecule has 1 aromatic carbocycles. The monoisotopic (exact) mass is 416 g/mol. The number of hydrogen-bond donors (Lipinski definition) is 0. The summed E-state index contributed by atoms with van der Waals surface area (Å²) in [6.45, 7) is 0.964. The predicted octanol–water partition coefficient (Wildman–Crippen LogP) is 4.36. The number of aromatic nitrogens is 6. The van der Waals surface area contributed by atoms with Crippen LogP contribution in [0.15, 0.2) is 35.1 Å². The number of hydrogen-bond acceptors (Lipinski definition) is 4. The molecule has 6 nitrogen and oxygen atoms in total. The second-order valence-electron chi connectivity index (χ2n) is 6.44. The average Bonchev–Trinajstić information content (AvgIpc) is 3.19. The molecular formula is C17H14BrClN6. The Morgan fingerprint density at radius 3 is 2.92 bits per heavy atom. The van der Waals surface area contributed by atoms with E-state index in [-0.39, 0.29) is 5.28 Å². The molecule has 0 bridgehead atoms. The molecule has 1 fully saturated rings. The van der Waals surface area contributed by atoms with Crippen LogP contribution in [0.4, 0.5) is 0 Å². The van der Waals surface area contributed by atoms with E-state index < -0.39 is 0 Å². The lowest BCUT2D eigenvalue weighted by molar-refractivity contribution is 0.266. The first kappa shape index (κ1) is 15.3. The minimum absolute atomic E-state index is 0.287. The zero-order valence-electron chi connectivity index (χ0n) is 13.2. The maximum absolute atomic E-state index is 6.32.